The Morgan fingerprint density at radius 3 is 3.08 bits per heavy atom. The number of nitrogen functional groups attached to an aromatic ring is 1. The standard InChI is InChI=1S/C18H21ClN4O/c1-10-2-5-16-14(8-10)17(20)22-23(16)18(24)12-6-7-21-15-4-3-11(19)9-13(12)15/h3-4,9-10,12,21H,2,5-8H2,1H3,(H2,20,22)/t10?,12-/m1/s1. The molecule has 24 heavy (non-hydrogen) atoms. The summed E-state index contributed by atoms with van der Waals surface area (Å²) in [7, 11) is 0. The van der Waals surface area contributed by atoms with E-state index >= 15 is 0 Å². The molecule has 6 heteroatoms. The fourth-order valence-electron chi connectivity index (χ4n) is 3.89. The van der Waals surface area contributed by atoms with Crippen LogP contribution in [0.4, 0.5) is 11.5 Å². The Morgan fingerprint density at radius 2 is 2.25 bits per heavy atom. The van der Waals surface area contributed by atoms with E-state index in [1.54, 1.807) is 4.68 Å². The van der Waals surface area contributed by atoms with Gasteiger partial charge in [-0.2, -0.15) is 0 Å². The molecule has 2 atom stereocenters. The van der Waals surface area contributed by atoms with E-state index in [0.29, 0.717) is 16.8 Å². The second-order valence-corrected chi connectivity index (χ2v) is 7.34. The van der Waals surface area contributed by atoms with E-state index in [1.165, 1.54) is 0 Å². The maximum Gasteiger partial charge on any atom is 0.254 e. The van der Waals surface area contributed by atoms with Gasteiger partial charge in [0.1, 0.15) is 5.82 Å². The molecule has 0 saturated carbocycles. The SMILES string of the molecule is CC1CCc2c(c(N)nn2C(=O)[C@@H]2CCNc3ccc(Cl)cc32)C1. The molecule has 0 saturated heterocycles. The summed E-state index contributed by atoms with van der Waals surface area (Å²) in [5.74, 6) is 0.862. The predicted octanol–water partition coefficient (Wildman–Crippen LogP) is 3.48. The lowest BCUT2D eigenvalue weighted by atomic mass is 9.87. The van der Waals surface area contributed by atoms with Gasteiger partial charge in [0.25, 0.3) is 5.91 Å². The van der Waals surface area contributed by atoms with Crippen LogP contribution in [0, 0.1) is 5.92 Å². The monoisotopic (exact) mass is 344 g/mol. The smallest absolute Gasteiger partial charge is 0.254 e. The molecule has 0 bridgehead atoms. The number of nitrogens with zero attached hydrogens (tertiary/aromatic N) is 2. The Labute approximate surface area is 146 Å². The number of carbonyl (C=O) groups is 1. The molecule has 1 aromatic heterocycles. The number of hydrogen-bond acceptors (Lipinski definition) is 4. The summed E-state index contributed by atoms with van der Waals surface area (Å²) in [5.41, 5.74) is 10.1. The highest BCUT2D eigenvalue weighted by Crippen LogP contribution is 2.36. The van der Waals surface area contributed by atoms with Gasteiger partial charge < -0.3 is 11.1 Å². The number of rotatable bonds is 1. The van der Waals surface area contributed by atoms with Crippen molar-refractivity contribution in [3.05, 3.63) is 40.0 Å². The second kappa shape index (κ2) is 5.81. The van der Waals surface area contributed by atoms with Gasteiger partial charge >= 0.3 is 0 Å². The zero-order valence-electron chi connectivity index (χ0n) is 13.7. The number of nitrogens with two attached hydrogens (primary N) is 1. The summed E-state index contributed by atoms with van der Waals surface area (Å²) in [5, 5.41) is 8.37. The van der Waals surface area contributed by atoms with Crippen LogP contribution in [0.2, 0.25) is 5.02 Å². The first-order chi connectivity index (χ1) is 11.5. The van der Waals surface area contributed by atoms with E-state index in [1.807, 2.05) is 18.2 Å². The fourth-order valence-corrected chi connectivity index (χ4v) is 4.07. The van der Waals surface area contributed by atoms with Crippen LogP contribution < -0.4 is 11.1 Å². The molecule has 1 aliphatic heterocycles. The van der Waals surface area contributed by atoms with E-state index in [0.717, 1.165) is 54.7 Å². The largest absolute Gasteiger partial charge is 0.385 e. The number of benzene rings is 1. The van der Waals surface area contributed by atoms with Gasteiger partial charge in [0.05, 0.1) is 11.6 Å². The maximum absolute atomic E-state index is 13.2. The third-order valence-electron chi connectivity index (χ3n) is 5.19. The van der Waals surface area contributed by atoms with Crippen LogP contribution in [0.3, 0.4) is 0 Å². The van der Waals surface area contributed by atoms with Crippen molar-refractivity contribution in [1.29, 1.82) is 0 Å². The zero-order valence-corrected chi connectivity index (χ0v) is 14.4. The van der Waals surface area contributed by atoms with Crippen LogP contribution in [0.15, 0.2) is 18.2 Å². The molecule has 126 valence electrons. The number of nitrogens with one attached hydrogen (secondary N) is 1. The van der Waals surface area contributed by atoms with E-state index in [-0.39, 0.29) is 11.8 Å². The number of anilines is 2. The predicted molar refractivity (Wildman–Crippen MR) is 95.8 cm³/mol. The van der Waals surface area contributed by atoms with Crippen LogP contribution in [-0.4, -0.2) is 22.2 Å². The van der Waals surface area contributed by atoms with Gasteiger partial charge in [-0.1, -0.05) is 18.5 Å². The summed E-state index contributed by atoms with van der Waals surface area (Å²) in [6.07, 6.45) is 3.57. The molecule has 2 aromatic rings. The second-order valence-electron chi connectivity index (χ2n) is 6.91. The van der Waals surface area contributed by atoms with Gasteiger partial charge in [0, 0.05) is 22.8 Å². The Hall–Kier alpha value is -2.01. The Balaban J connectivity index is 1.74. The molecule has 5 nitrogen and oxygen atoms in total. The molecule has 1 aromatic carbocycles. The van der Waals surface area contributed by atoms with E-state index in [2.05, 4.69) is 17.3 Å². The summed E-state index contributed by atoms with van der Waals surface area (Å²) >= 11 is 6.15. The summed E-state index contributed by atoms with van der Waals surface area (Å²) in [4.78, 5) is 13.2. The van der Waals surface area contributed by atoms with Crippen molar-refractivity contribution in [3.63, 3.8) is 0 Å². The molecular formula is C18H21ClN4O. The molecular weight excluding hydrogens is 324 g/mol. The quantitative estimate of drug-likeness (QED) is 0.830. The molecule has 1 unspecified atom stereocenters. The zero-order chi connectivity index (χ0) is 16.8. The fraction of sp³-hybridized carbons (Fsp3) is 0.444. The van der Waals surface area contributed by atoms with Crippen LogP contribution in [0.1, 0.15) is 47.3 Å². The van der Waals surface area contributed by atoms with E-state index in [9.17, 15) is 4.79 Å². The average Bonchev–Trinajstić information content (AvgIpc) is 2.90. The summed E-state index contributed by atoms with van der Waals surface area (Å²) < 4.78 is 1.57. The lowest BCUT2D eigenvalue weighted by Crippen LogP contribution is -2.29. The maximum atomic E-state index is 13.2. The topological polar surface area (TPSA) is 72.9 Å². The van der Waals surface area contributed by atoms with Gasteiger partial charge in [-0.05, 0) is 55.4 Å². The average molecular weight is 345 g/mol. The first-order valence-electron chi connectivity index (χ1n) is 8.48. The molecule has 4 rings (SSSR count). The van der Waals surface area contributed by atoms with Gasteiger partial charge in [0.15, 0.2) is 0 Å². The molecule has 3 N–H and O–H groups in total. The van der Waals surface area contributed by atoms with Crippen molar-refractivity contribution >= 4 is 29.0 Å². The van der Waals surface area contributed by atoms with Crippen molar-refractivity contribution in [2.45, 2.75) is 38.5 Å². The summed E-state index contributed by atoms with van der Waals surface area (Å²) in [6, 6.07) is 5.66. The highest BCUT2D eigenvalue weighted by molar-refractivity contribution is 6.30. The normalized spacial score (nSPS) is 22.4. The third kappa shape index (κ3) is 2.47. The number of carbonyl (C=O) groups excluding carboxylic acids is 1. The highest BCUT2D eigenvalue weighted by Gasteiger charge is 2.32. The van der Waals surface area contributed by atoms with Crippen molar-refractivity contribution in [2.75, 3.05) is 17.6 Å². The molecule has 2 aliphatic rings. The van der Waals surface area contributed by atoms with Gasteiger partial charge in [-0.15, -0.1) is 5.10 Å². The van der Waals surface area contributed by atoms with Crippen molar-refractivity contribution < 1.29 is 4.79 Å². The van der Waals surface area contributed by atoms with E-state index in [4.69, 9.17) is 17.3 Å². The van der Waals surface area contributed by atoms with Gasteiger partial charge in [-0.25, -0.2) is 4.68 Å². The van der Waals surface area contributed by atoms with Crippen molar-refractivity contribution in [1.82, 2.24) is 9.78 Å². The van der Waals surface area contributed by atoms with Crippen molar-refractivity contribution in [3.8, 4) is 0 Å². The van der Waals surface area contributed by atoms with Gasteiger partial charge in [0.2, 0.25) is 0 Å². The third-order valence-corrected chi connectivity index (χ3v) is 5.43. The van der Waals surface area contributed by atoms with Crippen LogP contribution in [0.25, 0.3) is 0 Å². The minimum atomic E-state index is -0.234. The molecule has 0 amide bonds. The first-order valence-corrected chi connectivity index (χ1v) is 8.86. The van der Waals surface area contributed by atoms with E-state index < -0.39 is 0 Å². The number of halogens is 1. The van der Waals surface area contributed by atoms with Crippen LogP contribution in [-0.2, 0) is 12.8 Å². The number of aromatic nitrogens is 2. The molecule has 0 spiro atoms. The van der Waals surface area contributed by atoms with Gasteiger partial charge in [-0.3, -0.25) is 4.79 Å². The minimum absolute atomic E-state index is 0.00233. The number of fused-ring (bicyclic) bond motifs is 2. The van der Waals surface area contributed by atoms with Crippen LogP contribution in [0.5, 0.6) is 0 Å². The lowest BCUT2D eigenvalue weighted by molar-refractivity contribution is 0.0852. The Kier molecular flexibility index (Phi) is 3.76. The number of hydrogen-bond donors (Lipinski definition) is 2. The lowest BCUT2D eigenvalue weighted by Gasteiger charge is -2.26. The molecule has 0 fully saturated rings. The highest BCUT2D eigenvalue weighted by atomic mass is 35.5. The molecule has 2 heterocycles. The molecule has 1 aliphatic carbocycles. The Morgan fingerprint density at radius 1 is 1.42 bits per heavy atom. The van der Waals surface area contributed by atoms with Crippen LogP contribution >= 0.6 is 11.6 Å². The van der Waals surface area contributed by atoms with Crippen molar-refractivity contribution in [2.24, 2.45) is 5.92 Å². The first kappa shape index (κ1) is 15.5. The minimum Gasteiger partial charge on any atom is -0.385 e. The summed E-state index contributed by atoms with van der Waals surface area (Å²) in [6.45, 7) is 2.98. The molecule has 0 radical (unpaired) electrons. The Bertz CT molecular complexity index is 814.